The minimum atomic E-state index is -0.0846. The summed E-state index contributed by atoms with van der Waals surface area (Å²) in [5.41, 5.74) is -0.0846. The Morgan fingerprint density at radius 3 is 2.55 bits per heavy atom. The number of hydrogen-bond donors (Lipinski definition) is 1. The Balaban J connectivity index is 1.87. The van der Waals surface area contributed by atoms with E-state index in [1.807, 2.05) is 0 Å². The second kappa shape index (κ2) is 5.14. The van der Waals surface area contributed by atoms with Crippen molar-refractivity contribution < 1.29 is 9.59 Å². The van der Waals surface area contributed by atoms with Crippen LogP contribution in [0.2, 0.25) is 0 Å². The molecule has 1 aliphatic carbocycles. The van der Waals surface area contributed by atoms with E-state index in [0.717, 1.165) is 32.4 Å². The zero-order valence-corrected chi connectivity index (χ0v) is 12.7. The first-order valence-corrected chi connectivity index (χ1v) is 8.09. The number of likely N-dealkylation sites (tertiary alicyclic amines) is 1. The number of amides is 2. The molecule has 3 rings (SSSR count). The molecule has 2 saturated heterocycles. The highest BCUT2D eigenvalue weighted by molar-refractivity contribution is 6.00. The fraction of sp³-hybridized carbons (Fsp3) is 0.875. The second-order valence-electron chi connectivity index (χ2n) is 7.29. The maximum Gasteiger partial charge on any atom is 0.230 e. The predicted octanol–water partition coefficient (Wildman–Crippen LogP) is 1.94. The highest BCUT2D eigenvalue weighted by atomic mass is 16.2. The summed E-state index contributed by atoms with van der Waals surface area (Å²) in [6, 6.07) is 0.499. The third-order valence-electron chi connectivity index (χ3n) is 5.73. The SMILES string of the molecule is CC(C)N1CCC2(CC(=O)NC(=O)C2C2CCCC2)C1. The number of rotatable bonds is 2. The highest BCUT2D eigenvalue weighted by Crippen LogP contribution is 2.50. The van der Waals surface area contributed by atoms with Crippen LogP contribution in [-0.4, -0.2) is 35.8 Å². The largest absolute Gasteiger partial charge is 0.300 e. The van der Waals surface area contributed by atoms with E-state index >= 15 is 0 Å². The molecule has 1 spiro atoms. The molecule has 2 heterocycles. The molecule has 4 nitrogen and oxygen atoms in total. The lowest BCUT2D eigenvalue weighted by atomic mass is 9.64. The lowest BCUT2D eigenvalue weighted by molar-refractivity contribution is -0.146. The molecule has 3 fully saturated rings. The van der Waals surface area contributed by atoms with Crippen molar-refractivity contribution in [1.29, 1.82) is 0 Å². The van der Waals surface area contributed by atoms with Crippen molar-refractivity contribution in [2.75, 3.05) is 13.1 Å². The molecular formula is C16H26N2O2. The van der Waals surface area contributed by atoms with Gasteiger partial charge in [-0.25, -0.2) is 0 Å². The second-order valence-corrected chi connectivity index (χ2v) is 7.29. The molecule has 1 N–H and O–H groups in total. The summed E-state index contributed by atoms with van der Waals surface area (Å²) in [6.07, 6.45) is 6.36. The molecule has 0 aromatic carbocycles. The van der Waals surface area contributed by atoms with Crippen LogP contribution in [-0.2, 0) is 9.59 Å². The number of hydrogen-bond acceptors (Lipinski definition) is 3. The molecule has 20 heavy (non-hydrogen) atoms. The van der Waals surface area contributed by atoms with Crippen LogP contribution in [0.4, 0.5) is 0 Å². The van der Waals surface area contributed by atoms with E-state index in [1.54, 1.807) is 0 Å². The summed E-state index contributed by atoms with van der Waals surface area (Å²) in [7, 11) is 0. The van der Waals surface area contributed by atoms with Gasteiger partial charge < -0.3 is 4.90 Å². The van der Waals surface area contributed by atoms with E-state index in [9.17, 15) is 9.59 Å². The molecule has 3 aliphatic rings. The van der Waals surface area contributed by atoms with Gasteiger partial charge in [-0.15, -0.1) is 0 Å². The van der Waals surface area contributed by atoms with Crippen LogP contribution in [0, 0.1) is 17.3 Å². The normalized spacial score (nSPS) is 36.2. The van der Waals surface area contributed by atoms with Crippen LogP contribution in [0.15, 0.2) is 0 Å². The Bertz CT molecular complexity index is 415. The molecule has 0 aromatic rings. The molecule has 4 heteroatoms. The van der Waals surface area contributed by atoms with Gasteiger partial charge in [0.1, 0.15) is 0 Å². The van der Waals surface area contributed by atoms with Crippen LogP contribution >= 0.6 is 0 Å². The number of nitrogens with zero attached hydrogens (tertiary/aromatic N) is 1. The smallest absolute Gasteiger partial charge is 0.230 e. The molecule has 2 aliphatic heterocycles. The van der Waals surface area contributed by atoms with Crippen molar-refractivity contribution in [3.63, 3.8) is 0 Å². The van der Waals surface area contributed by atoms with E-state index in [2.05, 4.69) is 24.1 Å². The van der Waals surface area contributed by atoms with Gasteiger partial charge in [0.2, 0.25) is 11.8 Å². The zero-order chi connectivity index (χ0) is 14.3. The van der Waals surface area contributed by atoms with Crippen LogP contribution in [0.5, 0.6) is 0 Å². The lowest BCUT2D eigenvalue weighted by Gasteiger charge is -2.43. The third-order valence-corrected chi connectivity index (χ3v) is 5.73. The maximum absolute atomic E-state index is 12.5. The van der Waals surface area contributed by atoms with Gasteiger partial charge in [-0.3, -0.25) is 14.9 Å². The van der Waals surface area contributed by atoms with Crippen LogP contribution in [0.25, 0.3) is 0 Å². The quantitative estimate of drug-likeness (QED) is 0.785. The average molecular weight is 278 g/mol. The van der Waals surface area contributed by atoms with E-state index in [-0.39, 0.29) is 23.1 Å². The molecule has 2 atom stereocenters. The summed E-state index contributed by atoms with van der Waals surface area (Å²) in [5.74, 6) is 0.510. The number of carbonyl (C=O) groups is 2. The van der Waals surface area contributed by atoms with E-state index < -0.39 is 0 Å². The third kappa shape index (κ3) is 2.28. The molecule has 1 saturated carbocycles. The Morgan fingerprint density at radius 2 is 1.95 bits per heavy atom. The van der Waals surface area contributed by atoms with Gasteiger partial charge in [-0.05, 0) is 45.6 Å². The fourth-order valence-corrected chi connectivity index (χ4v) is 4.74. The fourth-order valence-electron chi connectivity index (χ4n) is 4.74. The van der Waals surface area contributed by atoms with Crippen molar-refractivity contribution in [3.8, 4) is 0 Å². The Morgan fingerprint density at radius 1 is 1.25 bits per heavy atom. The van der Waals surface area contributed by atoms with Crippen LogP contribution in [0.3, 0.4) is 0 Å². The van der Waals surface area contributed by atoms with Crippen molar-refractivity contribution in [2.24, 2.45) is 17.3 Å². The summed E-state index contributed by atoms with van der Waals surface area (Å²) >= 11 is 0. The summed E-state index contributed by atoms with van der Waals surface area (Å²) in [6.45, 7) is 6.36. The molecule has 0 aromatic heterocycles. The Labute approximate surface area is 121 Å². The molecule has 2 amide bonds. The minimum absolute atomic E-state index is 0.0127. The monoisotopic (exact) mass is 278 g/mol. The first kappa shape index (κ1) is 14.1. The van der Waals surface area contributed by atoms with Crippen LogP contribution < -0.4 is 5.32 Å². The minimum Gasteiger partial charge on any atom is -0.300 e. The zero-order valence-electron chi connectivity index (χ0n) is 12.7. The van der Waals surface area contributed by atoms with Crippen LogP contribution in [0.1, 0.15) is 52.4 Å². The van der Waals surface area contributed by atoms with Gasteiger partial charge >= 0.3 is 0 Å². The highest BCUT2D eigenvalue weighted by Gasteiger charge is 2.54. The van der Waals surface area contributed by atoms with Gasteiger partial charge in [0.05, 0.1) is 0 Å². The molecular weight excluding hydrogens is 252 g/mol. The summed E-state index contributed by atoms with van der Waals surface area (Å²) in [5, 5.41) is 2.61. The molecule has 112 valence electrons. The number of nitrogens with one attached hydrogen (secondary N) is 1. The van der Waals surface area contributed by atoms with Gasteiger partial charge in [0.25, 0.3) is 0 Å². The first-order valence-electron chi connectivity index (χ1n) is 8.09. The van der Waals surface area contributed by atoms with Gasteiger partial charge in [0, 0.05) is 30.3 Å². The van der Waals surface area contributed by atoms with E-state index in [1.165, 1.54) is 12.8 Å². The number of carbonyl (C=O) groups excluding carboxylic acids is 2. The molecule has 2 unspecified atom stereocenters. The van der Waals surface area contributed by atoms with Crippen molar-refractivity contribution in [2.45, 2.75) is 58.4 Å². The summed E-state index contributed by atoms with van der Waals surface area (Å²) < 4.78 is 0. The number of piperidine rings is 1. The van der Waals surface area contributed by atoms with Gasteiger partial charge in [0.15, 0.2) is 0 Å². The van der Waals surface area contributed by atoms with Gasteiger partial charge in [-0.1, -0.05) is 12.8 Å². The Kier molecular flexibility index (Phi) is 3.61. The molecule has 0 radical (unpaired) electrons. The summed E-state index contributed by atoms with van der Waals surface area (Å²) in [4.78, 5) is 26.8. The predicted molar refractivity (Wildman–Crippen MR) is 77.0 cm³/mol. The topological polar surface area (TPSA) is 49.4 Å². The maximum atomic E-state index is 12.5. The molecule has 0 bridgehead atoms. The van der Waals surface area contributed by atoms with E-state index in [4.69, 9.17) is 0 Å². The Hall–Kier alpha value is -0.900. The van der Waals surface area contributed by atoms with Crippen molar-refractivity contribution in [1.82, 2.24) is 10.2 Å². The lowest BCUT2D eigenvalue weighted by Crippen LogP contribution is -2.55. The number of imide groups is 1. The van der Waals surface area contributed by atoms with Crippen molar-refractivity contribution >= 4 is 11.8 Å². The van der Waals surface area contributed by atoms with Crippen molar-refractivity contribution in [3.05, 3.63) is 0 Å². The van der Waals surface area contributed by atoms with Gasteiger partial charge in [-0.2, -0.15) is 0 Å². The average Bonchev–Trinajstić information content (AvgIpc) is 2.99. The standard InChI is InChI=1S/C16H26N2O2/c1-11(2)18-8-7-16(10-18)9-13(19)17-15(20)14(16)12-5-3-4-6-12/h11-12,14H,3-10H2,1-2H3,(H,17,19,20). The van der Waals surface area contributed by atoms with E-state index in [0.29, 0.717) is 18.4 Å². The first-order chi connectivity index (χ1) is 9.52.